The van der Waals surface area contributed by atoms with Crippen LogP contribution in [0, 0.1) is 5.92 Å². The summed E-state index contributed by atoms with van der Waals surface area (Å²) in [6, 6.07) is 6.74. The highest BCUT2D eigenvalue weighted by atomic mass is 35.5. The molecule has 1 saturated heterocycles. The molecule has 0 radical (unpaired) electrons. The minimum Gasteiger partial charge on any atom is -0.324 e. The van der Waals surface area contributed by atoms with Crippen LogP contribution in [0.1, 0.15) is 12.8 Å². The van der Waals surface area contributed by atoms with Crippen LogP contribution in [-0.2, 0) is 10.0 Å². The predicted molar refractivity (Wildman–Crippen MR) is 87.6 cm³/mol. The molecule has 6 nitrogen and oxygen atoms in total. The number of carbonyl (C=O) groups is 1. The number of benzene rings is 1. The van der Waals surface area contributed by atoms with Gasteiger partial charge in [-0.1, -0.05) is 11.6 Å². The lowest BCUT2D eigenvalue weighted by Gasteiger charge is -2.32. The van der Waals surface area contributed by atoms with Gasteiger partial charge < -0.3 is 10.2 Å². The molecule has 1 aromatic carbocycles. The highest BCUT2D eigenvalue weighted by Gasteiger charge is 2.24. The Kier molecular flexibility index (Phi) is 5.66. The third-order valence-corrected chi connectivity index (χ3v) is 4.48. The predicted octanol–water partition coefficient (Wildman–Crippen LogP) is 2.13. The number of rotatable bonds is 4. The fourth-order valence-electron chi connectivity index (χ4n) is 2.42. The molecule has 2 N–H and O–H groups in total. The summed E-state index contributed by atoms with van der Waals surface area (Å²) in [6.45, 7) is 1.58. The second-order valence-corrected chi connectivity index (χ2v) is 7.78. The Morgan fingerprint density at radius 1 is 1.36 bits per heavy atom. The first kappa shape index (κ1) is 17.1. The summed E-state index contributed by atoms with van der Waals surface area (Å²) in [5, 5.41) is 3.44. The third-order valence-electron chi connectivity index (χ3n) is 3.54. The number of piperidine rings is 1. The molecule has 1 heterocycles. The number of halogens is 1. The first-order valence-electron chi connectivity index (χ1n) is 7.09. The van der Waals surface area contributed by atoms with Crippen molar-refractivity contribution in [3.05, 3.63) is 29.3 Å². The van der Waals surface area contributed by atoms with E-state index in [1.807, 2.05) is 0 Å². The topological polar surface area (TPSA) is 78.5 Å². The van der Waals surface area contributed by atoms with Crippen LogP contribution >= 0.6 is 11.6 Å². The summed E-state index contributed by atoms with van der Waals surface area (Å²) in [7, 11) is -3.20. The maximum Gasteiger partial charge on any atom is 0.321 e. The Labute approximate surface area is 135 Å². The van der Waals surface area contributed by atoms with Gasteiger partial charge in [-0.2, -0.15) is 0 Å². The molecule has 0 aliphatic carbocycles. The van der Waals surface area contributed by atoms with Gasteiger partial charge in [0.15, 0.2) is 0 Å². The van der Waals surface area contributed by atoms with Crippen LogP contribution in [0.4, 0.5) is 10.5 Å². The molecule has 8 heteroatoms. The van der Waals surface area contributed by atoms with E-state index in [4.69, 9.17) is 11.6 Å². The van der Waals surface area contributed by atoms with Crippen LogP contribution < -0.4 is 10.0 Å². The lowest BCUT2D eigenvalue weighted by molar-refractivity contribution is 0.178. The number of urea groups is 1. The van der Waals surface area contributed by atoms with Crippen molar-refractivity contribution in [1.29, 1.82) is 0 Å². The lowest BCUT2D eigenvalue weighted by atomic mass is 9.99. The molecule has 1 atom stereocenters. The number of hydrogen-bond acceptors (Lipinski definition) is 3. The van der Waals surface area contributed by atoms with Gasteiger partial charge in [-0.05, 0) is 43.0 Å². The van der Waals surface area contributed by atoms with Crippen molar-refractivity contribution < 1.29 is 13.2 Å². The van der Waals surface area contributed by atoms with E-state index < -0.39 is 10.0 Å². The van der Waals surface area contributed by atoms with Crippen molar-refractivity contribution in [1.82, 2.24) is 9.62 Å². The summed E-state index contributed by atoms with van der Waals surface area (Å²) in [6.07, 6.45) is 2.91. The van der Waals surface area contributed by atoms with Crippen molar-refractivity contribution in [2.75, 3.05) is 31.2 Å². The van der Waals surface area contributed by atoms with Crippen molar-refractivity contribution in [3.63, 3.8) is 0 Å². The summed E-state index contributed by atoms with van der Waals surface area (Å²) in [4.78, 5) is 14.0. The second-order valence-electron chi connectivity index (χ2n) is 5.51. The molecule has 0 bridgehead atoms. The fraction of sp³-hybridized carbons (Fsp3) is 0.500. The number of likely N-dealkylation sites (tertiary alicyclic amines) is 1. The lowest BCUT2D eigenvalue weighted by Crippen LogP contribution is -2.45. The Hall–Kier alpha value is -1.31. The van der Waals surface area contributed by atoms with Crippen LogP contribution in [0.25, 0.3) is 0 Å². The molecule has 1 unspecified atom stereocenters. The Morgan fingerprint density at radius 3 is 2.68 bits per heavy atom. The maximum absolute atomic E-state index is 12.2. The molecule has 0 spiro atoms. The Morgan fingerprint density at radius 2 is 2.05 bits per heavy atom. The van der Waals surface area contributed by atoms with E-state index in [1.54, 1.807) is 29.2 Å². The van der Waals surface area contributed by atoms with Gasteiger partial charge in [-0.15, -0.1) is 0 Å². The minimum absolute atomic E-state index is 0.138. The average molecular weight is 346 g/mol. The zero-order chi connectivity index (χ0) is 16.2. The molecule has 1 aromatic rings. The van der Waals surface area contributed by atoms with E-state index in [-0.39, 0.29) is 11.9 Å². The fourth-order valence-corrected chi connectivity index (χ4v) is 3.09. The smallest absolute Gasteiger partial charge is 0.321 e. The maximum atomic E-state index is 12.2. The van der Waals surface area contributed by atoms with Crippen LogP contribution in [0.2, 0.25) is 5.02 Å². The number of amides is 2. The molecular weight excluding hydrogens is 326 g/mol. The van der Waals surface area contributed by atoms with Crippen molar-refractivity contribution in [2.45, 2.75) is 12.8 Å². The van der Waals surface area contributed by atoms with Crippen molar-refractivity contribution >= 4 is 33.3 Å². The Balaban J connectivity index is 1.88. The van der Waals surface area contributed by atoms with Crippen LogP contribution in [0.5, 0.6) is 0 Å². The molecule has 2 amide bonds. The first-order valence-corrected chi connectivity index (χ1v) is 9.36. The largest absolute Gasteiger partial charge is 0.324 e. The van der Waals surface area contributed by atoms with Crippen LogP contribution in [0.15, 0.2) is 24.3 Å². The molecule has 2 rings (SSSR count). The van der Waals surface area contributed by atoms with E-state index in [1.165, 1.54) is 0 Å². The molecule has 1 aliphatic heterocycles. The highest BCUT2D eigenvalue weighted by Crippen LogP contribution is 2.18. The highest BCUT2D eigenvalue weighted by molar-refractivity contribution is 7.88. The standard InChI is InChI=1S/C14H20ClN3O3S/c1-22(20,21)16-9-11-3-2-8-18(10-11)14(19)17-13-6-4-12(15)5-7-13/h4-7,11,16H,2-3,8-10H2,1H3,(H,17,19). The van der Waals surface area contributed by atoms with Crippen LogP contribution in [0.3, 0.4) is 0 Å². The quantitative estimate of drug-likeness (QED) is 0.877. The van der Waals surface area contributed by atoms with E-state index in [0.717, 1.165) is 19.1 Å². The van der Waals surface area contributed by atoms with Crippen molar-refractivity contribution in [3.8, 4) is 0 Å². The van der Waals surface area contributed by atoms with Crippen molar-refractivity contribution in [2.24, 2.45) is 5.92 Å². The SMILES string of the molecule is CS(=O)(=O)NCC1CCCN(C(=O)Nc2ccc(Cl)cc2)C1. The minimum atomic E-state index is -3.20. The monoisotopic (exact) mass is 345 g/mol. The molecule has 122 valence electrons. The first-order chi connectivity index (χ1) is 10.3. The van der Waals surface area contributed by atoms with Gasteiger partial charge in [-0.3, -0.25) is 0 Å². The van der Waals surface area contributed by atoms with E-state index in [2.05, 4.69) is 10.0 Å². The second kappa shape index (κ2) is 7.30. The van der Waals surface area contributed by atoms with Gasteiger partial charge in [0, 0.05) is 30.3 Å². The van der Waals surface area contributed by atoms with Crippen LogP contribution in [-0.4, -0.2) is 45.2 Å². The van der Waals surface area contributed by atoms with Gasteiger partial charge in [-0.25, -0.2) is 17.9 Å². The summed E-state index contributed by atoms with van der Waals surface area (Å²) >= 11 is 5.81. The Bertz CT molecular complexity index is 619. The molecule has 22 heavy (non-hydrogen) atoms. The number of nitrogens with zero attached hydrogens (tertiary/aromatic N) is 1. The number of hydrogen-bond donors (Lipinski definition) is 2. The molecule has 0 saturated carbocycles. The van der Waals surface area contributed by atoms with E-state index in [9.17, 15) is 13.2 Å². The number of nitrogens with one attached hydrogen (secondary N) is 2. The number of carbonyl (C=O) groups excluding carboxylic acids is 1. The van der Waals surface area contributed by atoms with Gasteiger partial charge >= 0.3 is 6.03 Å². The molecular formula is C14H20ClN3O3S. The van der Waals surface area contributed by atoms with Gasteiger partial charge in [0.25, 0.3) is 0 Å². The number of sulfonamides is 1. The molecule has 1 aliphatic rings. The van der Waals surface area contributed by atoms with E-state index in [0.29, 0.717) is 30.3 Å². The molecule has 1 fully saturated rings. The summed E-state index contributed by atoms with van der Waals surface area (Å²) in [5.74, 6) is 0.138. The molecule has 0 aromatic heterocycles. The summed E-state index contributed by atoms with van der Waals surface area (Å²) < 4.78 is 24.8. The van der Waals surface area contributed by atoms with Gasteiger partial charge in [0.05, 0.1) is 6.26 Å². The normalized spacial score (nSPS) is 19.0. The van der Waals surface area contributed by atoms with Gasteiger partial charge in [0.2, 0.25) is 10.0 Å². The van der Waals surface area contributed by atoms with Gasteiger partial charge in [0.1, 0.15) is 0 Å². The van der Waals surface area contributed by atoms with E-state index >= 15 is 0 Å². The zero-order valence-corrected chi connectivity index (χ0v) is 14.0. The zero-order valence-electron chi connectivity index (χ0n) is 12.4. The number of anilines is 1. The average Bonchev–Trinajstić information content (AvgIpc) is 2.47. The summed E-state index contributed by atoms with van der Waals surface area (Å²) in [5.41, 5.74) is 0.686. The third kappa shape index (κ3) is 5.47.